The Morgan fingerprint density at radius 1 is 1.11 bits per heavy atom. The van der Waals surface area contributed by atoms with Crippen LogP contribution in [0.1, 0.15) is 5.56 Å². The van der Waals surface area contributed by atoms with Gasteiger partial charge in [0.25, 0.3) is 0 Å². The molecule has 2 aromatic carbocycles. The van der Waals surface area contributed by atoms with Gasteiger partial charge in [-0.2, -0.15) is 4.68 Å². The molecule has 0 aliphatic carbocycles. The maximum Gasteiger partial charge on any atom is 0.230 e. The van der Waals surface area contributed by atoms with Crippen molar-refractivity contribution in [2.75, 3.05) is 25.5 Å². The van der Waals surface area contributed by atoms with Crippen molar-refractivity contribution in [2.45, 2.75) is 11.6 Å². The fraction of sp³-hybridized carbons (Fsp3) is 0.263. The molecule has 1 aromatic heterocycles. The molecule has 0 atom stereocenters. The van der Waals surface area contributed by atoms with E-state index in [1.807, 2.05) is 48.5 Å². The van der Waals surface area contributed by atoms with E-state index in [2.05, 4.69) is 20.8 Å². The van der Waals surface area contributed by atoms with Crippen LogP contribution in [-0.2, 0) is 11.2 Å². The van der Waals surface area contributed by atoms with Crippen LogP contribution < -0.4 is 14.8 Å². The van der Waals surface area contributed by atoms with Gasteiger partial charge in [0.15, 0.2) is 11.5 Å². The molecule has 0 saturated carbocycles. The Balaban J connectivity index is 1.25. The summed E-state index contributed by atoms with van der Waals surface area (Å²) in [7, 11) is 0. The second-order valence-electron chi connectivity index (χ2n) is 6.08. The van der Waals surface area contributed by atoms with Gasteiger partial charge in [0.1, 0.15) is 13.2 Å². The van der Waals surface area contributed by atoms with Crippen LogP contribution in [0.4, 0.5) is 0 Å². The molecule has 2 heterocycles. The molecule has 1 aliphatic rings. The smallest absolute Gasteiger partial charge is 0.230 e. The molecule has 0 bridgehead atoms. The first-order valence-electron chi connectivity index (χ1n) is 8.91. The van der Waals surface area contributed by atoms with E-state index in [9.17, 15) is 4.79 Å². The van der Waals surface area contributed by atoms with Crippen LogP contribution in [-0.4, -0.2) is 51.6 Å². The maximum absolute atomic E-state index is 12.2. The molecule has 0 radical (unpaired) electrons. The molecule has 0 spiro atoms. The van der Waals surface area contributed by atoms with Crippen LogP contribution in [0.5, 0.6) is 11.5 Å². The number of hydrogen-bond acceptors (Lipinski definition) is 7. The third-order valence-corrected chi connectivity index (χ3v) is 5.04. The van der Waals surface area contributed by atoms with E-state index in [-0.39, 0.29) is 11.7 Å². The van der Waals surface area contributed by atoms with Crippen LogP contribution in [0, 0.1) is 0 Å². The van der Waals surface area contributed by atoms with Gasteiger partial charge < -0.3 is 14.8 Å². The summed E-state index contributed by atoms with van der Waals surface area (Å²) < 4.78 is 12.7. The first-order valence-corrected chi connectivity index (χ1v) is 9.90. The number of benzene rings is 2. The number of thioether (sulfide) groups is 1. The molecule has 1 amide bonds. The molecule has 1 aliphatic heterocycles. The first-order chi connectivity index (χ1) is 13.8. The van der Waals surface area contributed by atoms with Crippen LogP contribution in [0.15, 0.2) is 53.7 Å². The number of fused-ring (bicyclic) bond motifs is 1. The highest BCUT2D eigenvalue weighted by atomic mass is 32.2. The number of ether oxygens (including phenoxy) is 2. The fourth-order valence-corrected chi connectivity index (χ4v) is 3.49. The van der Waals surface area contributed by atoms with E-state index in [1.165, 1.54) is 11.8 Å². The number of tetrazole rings is 1. The molecular formula is C19H19N5O3S. The lowest BCUT2D eigenvalue weighted by atomic mass is 10.1. The minimum Gasteiger partial charge on any atom is -0.486 e. The predicted octanol–water partition coefficient (Wildman–Crippen LogP) is 1.88. The van der Waals surface area contributed by atoms with E-state index in [1.54, 1.807) is 4.68 Å². The SMILES string of the molecule is O=C(CSc1nnnn1-c1ccccc1)NCCc1ccc2c(c1)OCCO2. The molecule has 8 nitrogen and oxygen atoms in total. The molecule has 28 heavy (non-hydrogen) atoms. The topological polar surface area (TPSA) is 91.2 Å². The summed E-state index contributed by atoms with van der Waals surface area (Å²) in [5.41, 5.74) is 1.94. The quantitative estimate of drug-likeness (QED) is 0.609. The van der Waals surface area contributed by atoms with E-state index in [0.717, 1.165) is 29.2 Å². The summed E-state index contributed by atoms with van der Waals surface area (Å²) in [6, 6.07) is 15.4. The molecular weight excluding hydrogens is 378 g/mol. The fourth-order valence-electron chi connectivity index (χ4n) is 2.77. The monoisotopic (exact) mass is 397 g/mol. The number of carbonyl (C=O) groups excluding carboxylic acids is 1. The molecule has 144 valence electrons. The standard InChI is InChI=1S/C19H19N5O3S/c25-18(13-28-19-21-22-23-24(19)15-4-2-1-3-5-15)20-9-8-14-6-7-16-17(12-14)27-11-10-26-16/h1-7,12H,8-11,13H2,(H,20,25). The van der Waals surface area contributed by atoms with Gasteiger partial charge in [-0.25, -0.2) is 0 Å². The lowest BCUT2D eigenvalue weighted by Gasteiger charge is -2.18. The molecule has 3 aromatic rings. The minimum absolute atomic E-state index is 0.0647. The van der Waals surface area contributed by atoms with Gasteiger partial charge in [-0.15, -0.1) is 5.10 Å². The first kappa shape index (κ1) is 18.3. The van der Waals surface area contributed by atoms with Crippen LogP contribution in [0.25, 0.3) is 5.69 Å². The third kappa shape index (κ3) is 4.42. The lowest BCUT2D eigenvalue weighted by molar-refractivity contribution is -0.118. The second-order valence-corrected chi connectivity index (χ2v) is 7.02. The zero-order chi connectivity index (χ0) is 19.2. The molecule has 0 unspecified atom stereocenters. The normalized spacial score (nSPS) is 12.6. The largest absolute Gasteiger partial charge is 0.486 e. The number of nitrogens with one attached hydrogen (secondary N) is 1. The summed E-state index contributed by atoms with van der Waals surface area (Å²) >= 11 is 1.30. The predicted molar refractivity (Wildman–Crippen MR) is 104 cm³/mol. The number of rotatable bonds is 7. The van der Waals surface area contributed by atoms with Gasteiger partial charge in [-0.3, -0.25) is 4.79 Å². The summed E-state index contributed by atoms with van der Waals surface area (Å²) in [6.45, 7) is 1.68. The van der Waals surface area contributed by atoms with Crippen molar-refractivity contribution in [3.05, 3.63) is 54.1 Å². The zero-order valence-electron chi connectivity index (χ0n) is 15.1. The summed E-state index contributed by atoms with van der Waals surface area (Å²) in [5.74, 6) is 1.71. The minimum atomic E-state index is -0.0647. The van der Waals surface area contributed by atoms with Gasteiger partial charge >= 0.3 is 0 Å². The van der Waals surface area contributed by atoms with Crippen molar-refractivity contribution in [3.8, 4) is 17.2 Å². The molecule has 4 rings (SSSR count). The van der Waals surface area contributed by atoms with Gasteiger partial charge in [-0.05, 0) is 46.7 Å². The Morgan fingerprint density at radius 3 is 2.79 bits per heavy atom. The van der Waals surface area contributed by atoms with Crippen molar-refractivity contribution < 1.29 is 14.3 Å². The Kier molecular flexibility index (Phi) is 5.72. The highest BCUT2D eigenvalue weighted by Crippen LogP contribution is 2.30. The summed E-state index contributed by atoms with van der Waals surface area (Å²) in [4.78, 5) is 12.2. The highest BCUT2D eigenvalue weighted by Gasteiger charge is 2.13. The maximum atomic E-state index is 12.2. The molecule has 0 saturated heterocycles. The molecule has 0 fully saturated rings. The molecule has 1 N–H and O–H groups in total. The average molecular weight is 397 g/mol. The van der Waals surface area contributed by atoms with Gasteiger partial charge in [0, 0.05) is 6.54 Å². The van der Waals surface area contributed by atoms with Crippen molar-refractivity contribution >= 4 is 17.7 Å². The van der Waals surface area contributed by atoms with Gasteiger partial charge in [-0.1, -0.05) is 36.0 Å². The number of nitrogens with zero attached hydrogens (tertiary/aromatic N) is 4. The molecule has 9 heteroatoms. The van der Waals surface area contributed by atoms with E-state index in [4.69, 9.17) is 9.47 Å². The Labute approximate surface area is 166 Å². The third-order valence-electron chi connectivity index (χ3n) is 4.12. The Morgan fingerprint density at radius 2 is 1.93 bits per heavy atom. The van der Waals surface area contributed by atoms with E-state index >= 15 is 0 Å². The number of hydrogen-bond donors (Lipinski definition) is 1. The van der Waals surface area contributed by atoms with E-state index < -0.39 is 0 Å². The Bertz CT molecular complexity index is 948. The number of aromatic nitrogens is 4. The number of carbonyl (C=O) groups is 1. The van der Waals surface area contributed by atoms with Crippen molar-refractivity contribution in [2.24, 2.45) is 0 Å². The van der Waals surface area contributed by atoms with Crippen molar-refractivity contribution in [1.29, 1.82) is 0 Å². The second kappa shape index (κ2) is 8.75. The van der Waals surface area contributed by atoms with Crippen LogP contribution >= 0.6 is 11.8 Å². The van der Waals surface area contributed by atoms with E-state index in [0.29, 0.717) is 24.9 Å². The Hall–Kier alpha value is -3.07. The van der Waals surface area contributed by atoms with Crippen LogP contribution in [0.3, 0.4) is 0 Å². The summed E-state index contributed by atoms with van der Waals surface area (Å²) in [6.07, 6.45) is 0.717. The zero-order valence-corrected chi connectivity index (χ0v) is 15.9. The average Bonchev–Trinajstić information content (AvgIpc) is 3.21. The van der Waals surface area contributed by atoms with Gasteiger partial charge in [0.05, 0.1) is 11.4 Å². The van der Waals surface area contributed by atoms with Crippen LogP contribution in [0.2, 0.25) is 0 Å². The lowest BCUT2D eigenvalue weighted by Crippen LogP contribution is -2.27. The van der Waals surface area contributed by atoms with Gasteiger partial charge in [0.2, 0.25) is 11.1 Å². The van der Waals surface area contributed by atoms with Crippen molar-refractivity contribution in [3.63, 3.8) is 0 Å². The number of para-hydroxylation sites is 1. The summed E-state index contributed by atoms with van der Waals surface area (Å²) in [5, 5.41) is 15.2. The highest BCUT2D eigenvalue weighted by molar-refractivity contribution is 7.99. The number of amides is 1. The van der Waals surface area contributed by atoms with Crippen molar-refractivity contribution in [1.82, 2.24) is 25.5 Å².